The molecule has 0 saturated carbocycles. The van der Waals surface area contributed by atoms with Gasteiger partial charge in [-0.2, -0.15) is 0 Å². The molecule has 4 heterocycles. The number of Topliss-reactive ketones (excluding diaryl/α,β-unsaturated/α-hetero) is 1. The van der Waals surface area contributed by atoms with Crippen molar-refractivity contribution in [3.8, 4) is 0 Å². The van der Waals surface area contributed by atoms with Crippen LogP contribution in [0.4, 0.5) is 5.82 Å². The third-order valence-corrected chi connectivity index (χ3v) is 3.37. The molecule has 0 aliphatic carbocycles. The van der Waals surface area contributed by atoms with E-state index in [1.54, 1.807) is 4.57 Å². The lowest BCUT2D eigenvalue weighted by molar-refractivity contribution is -0.0206. The number of hydrogen-bond acceptors (Lipinski definition) is 7. The minimum atomic E-state index is -0.825. The van der Waals surface area contributed by atoms with Gasteiger partial charge in [0, 0.05) is 6.42 Å². The maximum Gasteiger partial charge on any atom is 0.229 e. The predicted molar refractivity (Wildman–Crippen MR) is 58.6 cm³/mol. The van der Waals surface area contributed by atoms with Gasteiger partial charge in [-0.15, -0.1) is 0 Å². The number of carbonyl (C=O) groups is 1. The first-order valence-corrected chi connectivity index (χ1v) is 5.53. The molecule has 2 aliphatic rings. The van der Waals surface area contributed by atoms with Crippen molar-refractivity contribution in [2.45, 2.75) is 24.9 Å². The van der Waals surface area contributed by atoms with Crippen molar-refractivity contribution in [3.63, 3.8) is 0 Å². The van der Waals surface area contributed by atoms with Gasteiger partial charge < -0.3 is 15.6 Å². The highest BCUT2D eigenvalue weighted by atomic mass is 16.5. The standard InChI is InChI=1S/C10H9N5O3/c11-8-5-9(13-2-12-8)15-4-1-3(16)7(18-4)6(17)10(15)14-5/h2-4,7,16H,1H2,(H2,11,12,13)/t3-,4+,7-/m0/s1. The minimum Gasteiger partial charge on any atom is -0.390 e. The van der Waals surface area contributed by atoms with Crippen molar-refractivity contribution in [2.75, 3.05) is 5.73 Å². The van der Waals surface area contributed by atoms with Gasteiger partial charge in [0.05, 0.1) is 6.10 Å². The molecule has 8 nitrogen and oxygen atoms in total. The SMILES string of the molecule is Nc1ncnc2c1nc1n2[C@H]2C[C@H](O)[C@H](O2)C1=O. The summed E-state index contributed by atoms with van der Waals surface area (Å²) in [5, 5.41) is 9.74. The number of carbonyl (C=O) groups excluding carboxylic acids is 1. The van der Waals surface area contributed by atoms with Gasteiger partial charge in [-0.05, 0) is 0 Å². The molecular weight excluding hydrogens is 238 g/mol. The molecule has 0 radical (unpaired) electrons. The number of aliphatic hydroxyl groups is 1. The molecule has 1 saturated heterocycles. The number of hydrogen-bond donors (Lipinski definition) is 2. The van der Waals surface area contributed by atoms with Gasteiger partial charge in [0.1, 0.15) is 12.6 Å². The zero-order valence-corrected chi connectivity index (χ0v) is 9.15. The molecular formula is C10H9N5O3. The molecule has 92 valence electrons. The molecule has 2 aromatic heterocycles. The van der Waals surface area contributed by atoms with Crippen LogP contribution in [0.25, 0.3) is 11.2 Å². The maximum absolute atomic E-state index is 12.1. The van der Waals surface area contributed by atoms with E-state index in [1.807, 2.05) is 0 Å². The van der Waals surface area contributed by atoms with Gasteiger partial charge in [-0.1, -0.05) is 0 Å². The number of nitrogen functional groups attached to an aromatic ring is 1. The molecule has 0 spiro atoms. The van der Waals surface area contributed by atoms with Crippen LogP contribution in [0.5, 0.6) is 0 Å². The Morgan fingerprint density at radius 1 is 1.50 bits per heavy atom. The normalized spacial score (nSPS) is 29.8. The Kier molecular flexibility index (Phi) is 1.67. The fraction of sp³-hybridized carbons (Fsp3) is 0.400. The summed E-state index contributed by atoms with van der Waals surface area (Å²) in [5.41, 5.74) is 6.57. The van der Waals surface area contributed by atoms with Crippen molar-refractivity contribution in [2.24, 2.45) is 0 Å². The molecule has 0 aromatic carbocycles. The summed E-state index contributed by atoms with van der Waals surface area (Å²) in [6.07, 6.45) is -0.378. The molecule has 2 aromatic rings. The summed E-state index contributed by atoms with van der Waals surface area (Å²) in [6.45, 7) is 0. The second kappa shape index (κ2) is 3.03. The Bertz CT molecular complexity index is 681. The van der Waals surface area contributed by atoms with Gasteiger partial charge in [0.15, 0.2) is 28.9 Å². The summed E-state index contributed by atoms with van der Waals surface area (Å²) < 4.78 is 7.06. The number of fused-ring (bicyclic) bond motifs is 6. The van der Waals surface area contributed by atoms with Crippen LogP contribution >= 0.6 is 0 Å². The van der Waals surface area contributed by atoms with Gasteiger partial charge >= 0.3 is 0 Å². The van der Waals surface area contributed by atoms with E-state index in [4.69, 9.17) is 10.5 Å². The number of rotatable bonds is 0. The Morgan fingerprint density at radius 2 is 2.33 bits per heavy atom. The first-order valence-electron chi connectivity index (χ1n) is 5.53. The molecule has 8 heteroatoms. The van der Waals surface area contributed by atoms with E-state index in [9.17, 15) is 9.90 Å². The molecule has 3 atom stereocenters. The molecule has 0 unspecified atom stereocenters. The first kappa shape index (κ1) is 9.92. The Balaban J connectivity index is 2.06. The fourth-order valence-electron chi connectivity index (χ4n) is 2.55. The van der Waals surface area contributed by atoms with Crippen LogP contribution in [-0.2, 0) is 4.74 Å². The van der Waals surface area contributed by atoms with Crippen molar-refractivity contribution < 1.29 is 14.6 Å². The Hall–Kier alpha value is -2.06. The van der Waals surface area contributed by atoms with Crippen molar-refractivity contribution >= 4 is 22.8 Å². The Labute approximate surface area is 100 Å². The lowest BCUT2D eigenvalue weighted by atomic mass is 10.1. The van der Waals surface area contributed by atoms with E-state index in [0.29, 0.717) is 17.6 Å². The lowest BCUT2D eigenvalue weighted by Crippen LogP contribution is -2.35. The van der Waals surface area contributed by atoms with Crippen LogP contribution < -0.4 is 5.73 Å². The molecule has 2 bridgehead atoms. The number of nitrogens with zero attached hydrogens (tertiary/aromatic N) is 4. The van der Waals surface area contributed by atoms with Crippen LogP contribution in [0, 0.1) is 0 Å². The number of anilines is 1. The summed E-state index contributed by atoms with van der Waals surface area (Å²) in [7, 11) is 0. The number of nitrogens with two attached hydrogens (primary N) is 1. The van der Waals surface area contributed by atoms with Gasteiger partial charge in [0.25, 0.3) is 0 Å². The molecule has 3 N–H and O–H groups in total. The summed E-state index contributed by atoms with van der Waals surface area (Å²) in [5.74, 6) is 0.120. The minimum absolute atomic E-state index is 0.228. The topological polar surface area (TPSA) is 116 Å². The van der Waals surface area contributed by atoms with Crippen LogP contribution in [0.15, 0.2) is 6.33 Å². The molecule has 0 amide bonds. The lowest BCUT2D eigenvalue weighted by Gasteiger charge is -2.21. The predicted octanol–water partition coefficient (Wildman–Crippen LogP) is -0.747. The van der Waals surface area contributed by atoms with Crippen LogP contribution in [0.3, 0.4) is 0 Å². The third kappa shape index (κ3) is 1.02. The highest BCUT2D eigenvalue weighted by Crippen LogP contribution is 2.38. The fourth-order valence-corrected chi connectivity index (χ4v) is 2.55. The highest BCUT2D eigenvalue weighted by Gasteiger charge is 2.47. The van der Waals surface area contributed by atoms with E-state index in [1.165, 1.54) is 6.33 Å². The van der Waals surface area contributed by atoms with Gasteiger partial charge in [0.2, 0.25) is 5.78 Å². The van der Waals surface area contributed by atoms with E-state index in [-0.39, 0.29) is 17.4 Å². The van der Waals surface area contributed by atoms with E-state index < -0.39 is 18.4 Å². The number of imidazole rings is 1. The van der Waals surface area contributed by atoms with Crippen molar-refractivity contribution in [1.29, 1.82) is 0 Å². The zero-order valence-electron chi connectivity index (χ0n) is 9.15. The second-order valence-corrected chi connectivity index (χ2v) is 4.42. The molecule has 18 heavy (non-hydrogen) atoms. The monoisotopic (exact) mass is 247 g/mol. The average molecular weight is 247 g/mol. The third-order valence-electron chi connectivity index (χ3n) is 3.37. The van der Waals surface area contributed by atoms with Crippen molar-refractivity contribution in [3.05, 3.63) is 12.2 Å². The number of ketones is 1. The zero-order chi connectivity index (χ0) is 12.4. The first-order chi connectivity index (χ1) is 8.66. The van der Waals surface area contributed by atoms with E-state index in [0.717, 1.165) is 0 Å². The van der Waals surface area contributed by atoms with Crippen LogP contribution in [-0.4, -0.2) is 42.6 Å². The number of aliphatic hydroxyl groups excluding tert-OH is 1. The van der Waals surface area contributed by atoms with Gasteiger partial charge in [-0.25, -0.2) is 15.0 Å². The maximum atomic E-state index is 12.1. The summed E-state index contributed by atoms with van der Waals surface area (Å²) in [4.78, 5) is 24.2. The number of aromatic nitrogens is 4. The molecule has 2 aliphatic heterocycles. The van der Waals surface area contributed by atoms with Crippen LogP contribution in [0.1, 0.15) is 23.3 Å². The van der Waals surface area contributed by atoms with Crippen molar-refractivity contribution in [1.82, 2.24) is 19.5 Å². The quantitative estimate of drug-likeness (QED) is 0.629. The van der Waals surface area contributed by atoms with Crippen LogP contribution in [0.2, 0.25) is 0 Å². The van der Waals surface area contributed by atoms with E-state index >= 15 is 0 Å². The average Bonchev–Trinajstić information content (AvgIpc) is 2.88. The largest absolute Gasteiger partial charge is 0.390 e. The smallest absolute Gasteiger partial charge is 0.229 e. The molecule has 4 rings (SSSR count). The van der Waals surface area contributed by atoms with Gasteiger partial charge in [-0.3, -0.25) is 9.36 Å². The summed E-state index contributed by atoms with van der Waals surface area (Å²) >= 11 is 0. The Morgan fingerprint density at radius 3 is 3.17 bits per heavy atom. The number of ether oxygens (including phenoxy) is 1. The molecule has 1 fully saturated rings. The van der Waals surface area contributed by atoms with E-state index in [2.05, 4.69) is 15.0 Å². The second-order valence-electron chi connectivity index (χ2n) is 4.42. The summed E-state index contributed by atoms with van der Waals surface area (Å²) in [6, 6.07) is 0. The highest BCUT2D eigenvalue weighted by molar-refractivity contribution is 6.01.